The minimum atomic E-state index is -0.277. The molecule has 2 N–H and O–H groups in total. The van der Waals surface area contributed by atoms with Crippen molar-refractivity contribution in [2.24, 2.45) is 34.5 Å². The lowest BCUT2D eigenvalue weighted by molar-refractivity contribution is -0.166. The van der Waals surface area contributed by atoms with E-state index in [9.17, 15) is 10.2 Å². The van der Waals surface area contributed by atoms with Crippen LogP contribution in [0.2, 0.25) is 0 Å². The van der Waals surface area contributed by atoms with Crippen LogP contribution in [0.15, 0.2) is 30.3 Å². The van der Waals surface area contributed by atoms with Crippen molar-refractivity contribution >= 4 is 5.57 Å². The highest BCUT2D eigenvalue weighted by Crippen LogP contribution is 2.69. The summed E-state index contributed by atoms with van der Waals surface area (Å²) in [4.78, 5) is 4.41. The van der Waals surface area contributed by atoms with Gasteiger partial charge in [-0.3, -0.25) is 4.98 Å². The van der Waals surface area contributed by atoms with Gasteiger partial charge >= 0.3 is 0 Å². The maximum absolute atomic E-state index is 11.5. The topological polar surface area (TPSA) is 62.6 Å². The Labute approximate surface area is 180 Å². The van der Waals surface area contributed by atoms with Gasteiger partial charge in [-0.2, -0.15) is 0 Å². The van der Waals surface area contributed by atoms with E-state index in [0.717, 1.165) is 57.1 Å². The molecule has 0 aliphatic heterocycles. The second-order valence-corrected chi connectivity index (χ2v) is 10.7. The molecule has 1 unspecified atom stereocenters. The molecule has 8 atom stereocenters. The van der Waals surface area contributed by atoms with Gasteiger partial charge in [-0.15, -0.1) is 0 Å². The zero-order chi connectivity index (χ0) is 21.1. The largest absolute Gasteiger partial charge is 0.501 e. The van der Waals surface area contributed by atoms with E-state index in [4.69, 9.17) is 4.74 Å². The SMILES string of the molecule is CC[C@]12CC[C@H]3[C@@H]([C@@H](O)CC4C[C@@H](O)CC[C@@]43C)[C@@H]1CC(OC)=C2c1cccnc1. The van der Waals surface area contributed by atoms with E-state index in [-0.39, 0.29) is 23.0 Å². The first-order valence-electron chi connectivity index (χ1n) is 12.0. The molecule has 0 radical (unpaired) electrons. The molecule has 0 spiro atoms. The Kier molecular flexibility index (Phi) is 5.02. The predicted octanol–water partition coefficient (Wildman–Crippen LogP) is 4.81. The lowest BCUT2D eigenvalue weighted by Crippen LogP contribution is -2.58. The maximum atomic E-state index is 11.5. The van der Waals surface area contributed by atoms with Gasteiger partial charge in [0.25, 0.3) is 0 Å². The van der Waals surface area contributed by atoms with Crippen LogP contribution < -0.4 is 0 Å². The van der Waals surface area contributed by atoms with Gasteiger partial charge < -0.3 is 14.9 Å². The molecule has 4 aliphatic rings. The van der Waals surface area contributed by atoms with Crippen molar-refractivity contribution in [3.8, 4) is 0 Å². The maximum Gasteiger partial charge on any atom is 0.100 e. The molecule has 0 bridgehead atoms. The molecular weight excluding hydrogens is 374 g/mol. The van der Waals surface area contributed by atoms with Gasteiger partial charge in [-0.05, 0) is 85.7 Å². The highest BCUT2D eigenvalue weighted by molar-refractivity contribution is 5.74. The first kappa shape index (κ1) is 20.5. The van der Waals surface area contributed by atoms with E-state index in [1.54, 1.807) is 7.11 Å². The van der Waals surface area contributed by atoms with Crippen molar-refractivity contribution in [3.05, 3.63) is 35.8 Å². The van der Waals surface area contributed by atoms with Gasteiger partial charge in [-0.1, -0.05) is 19.9 Å². The molecule has 1 heterocycles. The fourth-order valence-corrected chi connectivity index (χ4v) is 8.43. The highest BCUT2D eigenvalue weighted by Gasteiger charge is 2.63. The number of fused-ring (bicyclic) bond motifs is 5. The van der Waals surface area contributed by atoms with Crippen LogP contribution in [0.5, 0.6) is 0 Å². The molecule has 0 saturated heterocycles. The number of aromatic nitrogens is 1. The van der Waals surface area contributed by atoms with Crippen LogP contribution in [-0.4, -0.2) is 34.5 Å². The van der Waals surface area contributed by atoms with Gasteiger partial charge in [0.15, 0.2) is 0 Å². The summed E-state index contributed by atoms with van der Waals surface area (Å²) in [5.74, 6) is 2.82. The summed E-state index contributed by atoms with van der Waals surface area (Å²) in [5, 5.41) is 21.8. The second-order valence-electron chi connectivity index (χ2n) is 10.7. The number of aliphatic hydroxyl groups excluding tert-OH is 2. The fraction of sp³-hybridized carbons (Fsp3) is 0.731. The smallest absolute Gasteiger partial charge is 0.100 e. The molecule has 1 aromatic rings. The van der Waals surface area contributed by atoms with Crippen molar-refractivity contribution in [2.75, 3.05) is 7.11 Å². The molecule has 4 aliphatic carbocycles. The normalized spacial score (nSPS) is 45.5. The van der Waals surface area contributed by atoms with Crippen LogP contribution in [0.1, 0.15) is 70.8 Å². The molecule has 164 valence electrons. The zero-order valence-electron chi connectivity index (χ0n) is 18.7. The minimum Gasteiger partial charge on any atom is -0.501 e. The van der Waals surface area contributed by atoms with Crippen LogP contribution in [0.4, 0.5) is 0 Å². The number of nitrogens with zero attached hydrogens (tertiary/aromatic N) is 1. The Hall–Kier alpha value is -1.39. The van der Waals surface area contributed by atoms with Crippen molar-refractivity contribution in [1.82, 2.24) is 4.98 Å². The summed E-state index contributed by atoms with van der Waals surface area (Å²) in [6.07, 6.45) is 11.4. The second kappa shape index (κ2) is 7.34. The number of ether oxygens (including phenoxy) is 1. The van der Waals surface area contributed by atoms with Crippen molar-refractivity contribution < 1.29 is 14.9 Å². The third kappa shape index (κ3) is 2.75. The molecule has 3 saturated carbocycles. The van der Waals surface area contributed by atoms with Crippen LogP contribution in [-0.2, 0) is 4.74 Å². The van der Waals surface area contributed by atoms with Crippen LogP contribution >= 0.6 is 0 Å². The Morgan fingerprint density at radius 1 is 1.17 bits per heavy atom. The Morgan fingerprint density at radius 3 is 2.70 bits per heavy atom. The molecule has 0 aromatic carbocycles. The standard InChI is InChI=1S/C26H37NO3/c1-4-26-10-8-19-23(21(29)13-17-12-18(28)7-9-25(17,19)2)20(26)14-22(30-3)24(26)16-6-5-11-27-15-16/h5-6,11,15,17-21,23,28-29H,4,7-10,12-14H2,1-3H3/t17?,18-,19-,20-,21-,23+,25-,26-/m0/s1. The Balaban J connectivity index is 1.56. The molecule has 0 amide bonds. The lowest BCUT2D eigenvalue weighted by Gasteiger charge is -2.62. The van der Waals surface area contributed by atoms with Crippen LogP contribution in [0.3, 0.4) is 0 Å². The van der Waals surface area contributed by atoms with Crippen molar-refractivity contribution in [1.29, 1.82) is 0 Å². The van der Waals surface area contributed by atoms with E-state index in [2.05, 4.69) is 24.9 Å². The number of allylic oxidation sites excluding steroid dienone is 2. The van der Waals surface area contributed by atoms with E-state index in [1.165, 1.54) is 11.1 Å². The summed E-state index contributed by atoms with van der Waals surface area (Å²) in [6.45, 7) is 4.78. The fourth-order valence-electron chi connectivity index (χ4n) is 8.43. The molecule has 4 nitrogen and oxygen atoms in total. The quantitative estimate of drug-likeness (QED) is 0.749. The van der Waals surface area contributed by atoms with E-state index >= 15 is 0 Å². The third-order valence-electron chi connectivity index (χ3n) is 9.87. The number of hydrogen-bond donors (Lipinski definition) is 2. The average Bonchev–Trinajstić information content (AvgIpc) is 3.10. The van der Waals surface area contributed by atoms with Crippen molar-refractivity contribution in [3.63, 3.8) is 0 Å². The Bertz CT molecular complexity index is 823. The number of methoxy groups -OCH3 is 1. The van der Waals surface area contributed by atoms with E-state index < -0.39 is 0 Å². The Morgan fingerprint density at radius 2 is 2.00 bits per heavy atom. The molecule has 1 aromatic heterocycles. The molecule has 3 fully saturated rings. The minimum absolute atomic E-state index is 0.0634. The number of rotatable bonds is 3. The molecular formula is C26H37NO3. The van der Waals surface area contributed by atoms with Gasteiger partial charge in [0.1, 0.15) is 5.76 Å². The summed E-state index contributed by atoms with van der Waals surface area (Å²) >= 11 is 0. The number of aliphatic hydroxyl groups is 2. The van der Waals surface area contributed by atoms with Gasteiger partial charge in [-0.25, -0.2) is 0 Å². The lowest BCUT2D eigenvalue weighted by atomic mass is 9.43. The van der Waals surface area contributed by atoms with Crippen LogP contribution in [0.25, 0.3) is 5.57 Å². The van der Waals surface area contributed by atoms with Gasteiger partial charge in [0.2, 0.25) is 0 Å². The van der Waals surface area contributed by atoms with Gasteiger partial charge in [0, 0.05) is 29.8 Å². The van der Waals surface area contributed by atoms with E-state index in [1.807, 2.05) is 18.5 Å². The summed E-state index contributed by atoms with van der Waals surface area (Å²) in [5.41, 5.74) is 2.84. The number of hydrogen-bond acceptors (Lipinski definition) is 4. The van der Waals surface area contributed by atoms with E-state index in [0.29, 0.717) is 23.7 Å². The zero-order valence-corrected chi connectivity index (χ0v) is 18.7. The number of pyridine rings is 1. The summed E-state index contributed by atoms with van der Waals surface area (Å²) < 4.78 is 5.99. The molecule has 30 heavy (non-hydrogen) atoms. The third-order valence-corrected chi connectivity index (χ3v) is 9.87. The first-order valence-corrected chi connectivity index (χ1v) is 12.0. The summed E-state index contributed by atoms with van der Waals surface area (Å²) in [7, 11) is 1.81. The highest BCUT2D eigenvalue weighted by atomic mass is 16.5. The summed E-state index contributed by atoms with van der Waals surface area (Å²) in [6, 6.07) is 4.19. The molecule has 4 heteroatoms. The average molecular weight is 412 g/mol. The monoisotopic (exact) mass is 411 g/mol. The predicted molar refractivity (Wildman–Crippen MR) is 117 cm³/mol. The molecule has 5 rings (SSSR count). The first-order chi connectivity index (χ1) is 14.4. The van der Waals surface area contributed by atoms with Gasteiger partial charge in [0.05, 0.1) is 19.3 Å². The van der Waals surface area contributed by atoms with Crippen molar-refractivity contribution in [2.45, 2.75) is 77.4 Å². The van der Waals surface area contributed by atoms with Crippen LogP contribution in [0, 0.1) is 34.5 Å².